The van der Waals surface area contributed by atoms with E-state index in [0.29, 0.717) is 5.02 Å². The molecule has 1 atom stereocenters. The van der Waals surface area contributed by atoms with Gasteiger partial charge in [0.25, 0.3) is 6.43 Å². The molecule has 0 aromatic heterocycles. The van der Waals surface area contributed by atoms with Gasteiger partial charge in [0.2, 0.25) is 0 Å². The molecule has 1 unspecified atom stereocenters. The van der Waals surface area contributed by atoms with Crippen LogP contribution in [0.3, 0.4) is 0 Å². The summed E-state index contributed by atoms with van der Waals surface area (Å²) in [5, 5.41) is 9.10. The average Bonchev–Trinajstić information content (AvgIpc) is 2.16. The SMILES string of the molecule is NC(CO)c1cc(Cl)ccc1C(F)F. The Morgan fingerprint density at radius 3 is 2.50 bits per heavy atom. The lowest BCUT2D eigenvalue weighted by atomic mass is 10.0. The third-order valence-electron chi connectivity index (χ3n) is 1.88. The number of hydrogen-bond acceptors (Lipinski definition) is 2. The second-order valence-electron chi connectivity index (χ2n) is 2.86. The van der Waals surface area contributed by atoms with Gasteiger partial charge >= 0.3 is 0 Å². The van der Waals surface area contributed by atoms with Crippen molar-refractivity contribution in [1.29, 1.82) is 0 Å². The summed E-state index contributed by atoms with van der Waals surface area (Å²) in [7, 11) is 0. The van der Waals surface area contributed by atoms with Crippen LogP contribution in [0.1, 0.15) is 23.6 Å². The smallest absolute Gasteiger partial charge is 0.264 e. The maximum absolute atomic E-state index is 12.5. The third kappa shape index (κ3) is 2.41. The lowest BCUT2D eigenvalue weighted by Crippen LogP contribution is -2.16. The first-order valence-corrected chi connectivity index (χ1v) is 4.38. The zero-order chi connectivity index (χ0) is 10.7. The Labute approximate surface area is 85.3 Å². The molecule has 0 aliphatic heterocycles. The van der Waals surface area contributed by atoms with Gasteiger partial charge < -0.3 is 10.8 Å². The van der Waals surface area contributed by atoms with Crippen LogP contribution in [-0.4, -0.2) is 11.7 Å². The number of benzene rings is 1. The van der Waals surface area contributed by atoms with Gasteiger partial charge in [0.05, 0.1) is 12.6 Å². The Bertz CT molecular complexity index is 320. The topological polar surface area (TPSA) is 46.2 Å². The molecule has 14 heavy (non-hydrogen) atoms. The van der Waals surface area contributed by atoms with E-state index >= 15 is 0 Å². The summed E-state index contributed by atoms with van der Waals surface area (Å²) in [5.41, 5.74) is 5.47. The van der Waals surface area contributed by atoms with Crippen LogP contribution in [0, 0.1) is 0 Å². The Balaban J connectivity index is 3.15. The van der Waals surface area contributed by atoms with Crippen LogP contribution in [-0.2, 0) is 0 Å². The first-order chi connectivity index (χ1) is 6.56. The molecule has 0 saturated heterocycles. The van der Waals surface area contributed by atoms with Gasteiger partial charge in [-0.1, -0.05) is 17.7 Å². The average molecular weight is 222 g/mol. The van der Waals surface area contributed by atoms with Crippen molar-refractivity contribution in [3.8, 4) is 0 Å². The Hall–Kier alpha value is -0.710. The standard InChI is InChI=1S/C9H10ClF2NO/c10-5-1-2-6(9(11)12)7(3-5)8(13)4-14/h1-3,8-9,14H,4,13H2. The van der Waals surface area contributed by atoms with Gasteiger partial charge in [0.15, 0.2) is 0 Å². The molecule has 0 spiro atoms. The zero-order valence-corrected chi connectivity index (χ0v) is 8.01. The minimum absolute atomic E-state index is 0.184. The van der Waals surface area contributed by atoms with E-state index in [9.17, 15) is 8.78 Å². The summed E-state index contributed by atoms with van der Waals surface area (Å²) in [6.07, 6.45) is -2.61. The molecule has 2 nitrogen and oxygen atoms in total. The van der Waals surface area contributed by atoms with Gasteiger partial charge in [-0.25, -0.2) is 8.78 Å². The van der Waals surface area contributed by atoms with Crippen molar-refractivity contribution in [3.63, 3.8) is 0 Å². The second kappa shape index (κ2) is 4.68. The van der Waals surface area contributed by atoms with Crippen molar-refractivity contribution in [2.24, 2.45) is 5.73 Å². The maximum atomic E-state index is 12.5. The van der Waals surface area contributed by atoms with Crippen molar-refractivity contribution in [2.45, 2.75) is 12.5 Å². The van der Waals surface area contributed by atoms with E-state index < -0.39 is 12.5 Å². The number of nitrogens with two attached hydrogens (primary N) is 1. The van der Waals surface area contributed by atoms with Crippen molar-refractivity contribution in [1.82, 2.24) is 0 Å². The van der Waals surface area contributed by atoms with Crippen molar-refractivity contribution in [3.05, 3.63) is 34.3 Å². The molecule has 0 aliphatic rings. The Kier molecular flexibility index (Phi) is 3.80. The van der Waals surface area contributed by atoms with E-state index in [1.165, 1.54) is 18.2 Å². The van der Waals surface area contributed by atoms with E-state index in [1.807, 2.05) is 0 Å². The summed E-state index contributed by atoms with van der Waals surface area (Å²) >= 11 is 5.64. The first kappa shape index (κ1) is 11.4. The van der Waals surface area contributed by atoms with Crippen molar-refractivity contribution < 1.29 is 13.9 Å². The number of hydrogen-bond donors (Lipinski definition) is 2. The van der Waals surface area contributed by atoms with Gasteiger partial charge in [-0.2, -0.15) is 0 Å². The molecule has 1 aromatic rings. The highest BCUT2D eigenvalue weighted by atomic mass is 35.5. The fourth-order valence-corrected chi connectivity index (χ4v) is 1.34. The van der Waals surface area contributed by atoms with Gasteiger partial charge in [0.1, 0.15) is 0 Å². The van der Waals surface area contributed by atoms with Gasteiger partial charge in [-0.3, -0.25) is 0 Å². The van der Waals surface area contributed by atoms with E-state index in [0.717, 1.165) is 0 Å². The van der Waals surface area contributed by atoms with Crippen LogP contribution in [0.5, 0.6) is 0 Å². The van der Waals surface area contributed by atoms with E-state index in [4.69, 9.17) is 22.4 Å². The molecular formula is C9H10ClF2NO. The minimum atomic E-state index is -2.61. The number of halogens is 3. The van der Waals surface area contributed by atoms with Crippen LogP contribution < -0.4 is 5.73 Å². The molecule has 0 saturated carbocycles. The van der Waals surface area contributed by atoms with Crippen LogP contribution in [0.2, 0.25) is 5.02 Å². The monoisotopic (exact) mass is 221 g/mol. The third-order valence-corrected chi connectivity index (χ3v) is 2.12. The van der Waals surface area contributed by atoms with Crippen molar-refractivity contribution >= 4 is 11.6 Å². The fourth-order valence-electron chi connectivity index (χ4n) is 1.16. The van der Waals surface area contributed by atoms with E-state index in [1.54, 1.807) is 0 Å². The van der Waals surface area contributed by atoms with Crippen LogP contribution in [0.25, 0.3) is 0 Å². The molecule has 3 N–H and O–H groups in total. The number of alkyl halides is 2. The normalized spacial score (nSPS) is 13.3. The number of aliphatic hydroxyl groups excluding tert-OH is 1. The first-order valence-electron chi connectivity index (χ1n) is 4.00. The molecule has 5 heteroatoms. The molecule has 0 heterocycles. The van der Waals surface area contributed by atoms with Gasteiger partial charge in [0, 0.05) is 10.6 Å². The molecule has 0 radical (unpaired) electrons. The molecule has 0 fully saturated rings. The molecule has 78 valence electrons. The van der Waals surface area contributed by atoms with Gasteiger partial charge in [-0.15, -0.1) is 0 Å². The van der Waals surface area contributed by atoms with Gasteiger partial charge in [-0.05, 0) is 17.7 Å². The highest BCUT2D eigenvalue weighted by Crippen LogP contribution is 2.28. The minimum Gasteiger partial charge on any atom is -0.394 e. The predicted octanol–water partition coefficient (Wildman–Crippen LogP) is 2.27. The Morgan fingerprint density at radius 1 is 1.36 bits per heavy atom. The molecule has 0 bridgehead atoms. The lowest BCUT2D eigenvalue weighted by Gasteiger charge is -2.14. The lowest BCUT2D eigenvalue weighted by molar-refractivity contribution is 0.148. The summed E-state index contributed by atoms with van der Waals surface area (Å²) in [6.45, 7) is -0.389. The predicted molar refractivity (Wildman–Crippen MR) is 50.4 cm³/mol. The zero-order valence-electron chi connectivity index (χ0n) is 7.25. The van der Waals surface area contributed by atoms with Crippen molar-refractivity contribution in [2.75, 3.05) is 6.61 Å². The van der Waals surface area contributed by atoms with E-state index in [-0.39, 0.29) is 17.7 Å². The molecule has 0 amide bonds. The highest BCUT2D eigenvalue weighted by molar-refractivity contribution is 6.30. The number of rotatable bonds is 3. The highest BCUT2D eigenvalue weighted by Gasteiger charge is 2.17. The Morgan fingerprint density at radius 2 is 2.00 bits per heavy atom. The molecular weight excluding hydrogens is 212 g/mol. The van der Waals surface area contributed by atoms with Crippen LogP contribution >= 0.6 is 11.6 Å². The molecule has 1 rings (SSSR count). The molecule has 0 aliphatic carbocycles. The molecule has 1 aromatic carbocycles. The largest absolute Gasteiger partial charge is 0.394 e. The number of aliphatic hydroxyl groups is 1. The summed E-state index contributed by atoms with van der Waals surface area (Å²) < 4.78 is 25.0. The fraction of sp³-hybridized carbons (Fsp3) is 0.333. The maximum Gasteiger partial charge on any atom is 0.264 e. The summed E-state index contributed by atoms with van der Waals surface area (Å²) in [4.78, 5) is 0. The van der Waals surface area contributed by atoms with Crippen LogP contribution in [0.15, 0.2) is 18.2 Å². The summed E-state index contributed by atoms with van der Waals surface area (Å²) in [5.74, 6) is 0. The van der Waals surface area contributed by atoms with Crippen LogP contribution in [0.4, 0.5) is 8.78 Å². The second-order valence-corrected chi connectivity index (χ2v) is 3.30. The quantitative estimate of drug-likeness (QED) is 0.823. The van der Waals surface area contributed by atoms with E-state index in [2.05, 4.69) is 0 Å². The summed E-state index contributed by atoms with van der Waals surface area (Å²) in [6, 6.07) is 3.12.